The second kappa shape index (κ2) is 4.89. The van der Waals surface area contributed by atoms with Gasteiger partial charge in [0.15, 0.2) is 0 Å². The van der Waals surface area contributed by atoms with Crippen LogP contribution in [0.2, 0.25) is 0 Å². The molecule has 0 aromatic heterocycles. The van der Waals surface area contributed by atoms with Crippen molar-refractivity contribution in [2.45, 2.75) is 13.8 Å². The minimum absolute atomic E-state index is 0.847. The summed E-state index contributed by atoms with van der Waals surface area (Å²) in [7, 11) is -8.18. The summed E-state index contributed by atoms with van der Waals surface area (Å²) in [4.78, 5) is 17.9. The largest absolute Gasteiger partial charge is 0.358 e. The SMILES string of the molecule is CC=CP(=O)(O)OP(=O)(O)C=CC. The molecule has 0 amide bonds. The molecule has 0 fully saturated rings. The van der Waals surface area contributed by atoms with Crippen molar-refractivity contribution in [3.63, 3.8) is 0 Å². The summed E-state index contributed by atoms with van der Waals surface area (Å²) in [6.07, 6.45) is 2.55. The van der Waals surface area contributed by atoms with Crippen LogP contribution in [0.25, 0.3) is 0 Å². The molecule has 5 nitrogen and oxygen atoms in total. The lowest BCUT2D eigenvalue weighted by molar-refractivity contribution is 0.347. The fraction of sp³-hybridized carbons (Fsp3) is 0.333. The molecule has 0 aromatic carbocycles. The molecule has 0 aliphatic carbocycles. The van der Waals surface area contributed by atoms with Gasteiger partial charge < -0.3 is 9.79 Å². The van der Waals surface area contributed by atoms with Gasteiger partial charge in [0.05, 0.1) is 0 Å². The van der Waals surface area contributed by atoms with Gasteiger partial charge in [-0.1, -0.05) is 12.2 Å². The van der Waals surface area contributed by atoms with E-state index in [1.807, 2.05) is 0 Å². The highest BCUT2D eigenvalue weighted by molar-refractivity contribution is 7.69. The minimum Gasteiger partial charge on any atom is -0.321 e. The maximum atomic E-state index is 11.0. The Hall–Kier alpha value is -0.180. The Balaban J connectivity index is 4.62. The van der Waals surface area contributed by atoms with Gasteiger partial charge in [0, 0.05) is 11.6 Å². The lowest BCUT2D eigenvalue weighted by Gasteiger charge is -2.10. The summed E-state index contributed by atoms with van der Waals surface area (Å²) < 4.78 is 26.1. The molecule has 0 saturated carbocycles. The fourth-order valence-corrected chi connectivity index (χ4v) is 3.13. The highest BCUT2D eigenvalue weighted by Gasteiger charge is 2.26. The second-order valence-corrected chi connectivity index (χ2v) is 5.68. The zero-order valence-corrected chi connectivity index (χ0v) is 9.11. The van der Waals surface area contributed by atoms with E-state index in [0.717, 1.165) is 11.6 Å². The van der Waals surface area contributed by atoms with Crippen LogP contribution in [0.5, 0.6) is 0 Å². The first-order valence-corrected chi connectivity index (χ1v) is 6.76. The van der Waals surface area contributed by atoms with Crippen LogP contribution in [0.15, 0.2) is 23.8 Å². The standard InChI is InChI=1S/C6H12O5P2/c1-3-5-12(7,8)11-13(9,10)6-4-2/h3-6H,1-2H3,(H,7,8)(H,9,10). The van der Waals surface area contributed by atoms with Crippen molar-refractivity contribution >= 4 is 15.2 Å². The van der Waals surface area contributed by atoms with Crippen LogP contribution in [0.4, 0.5) is 0 Å². The van der Waals surface area contributed by atoms with E-state index in [1.165, 1.54) is 26.0 Å². The monoisotopic (exact) mass is 226 g/mol. The molecule has 76 valence electrons. The Morgan fingerprint density at radius 3 is 1.54 bits per heavy atom. The first-order valence-electron chi connectivity index (χ1n) is 3.47. The zero-order valence-electron chi connectivity index (χ0n) is 7.32. The summed E-state index contributed by atoms with van der Waals surface area (Å²) >= 11 is 0. The molecular weight excluding hydrogens is 214 g/mol. The minimum atomic E-state index is -4.09. The molecule has 0 aliphatic heterocycles. The third-order valence-corrected chi connectivity index (χ3v) is 4.13. The summed E-state index contributed by atoms with van der Waals surface area (Å²) in [5.41, 5.74) is 0. The van der Waals surface area contributed by atoms with Gasteiger partial charge in [-0.2, -0.15) is 0 Å². The predicted octanol–water partition coefficient (Wildman–Crippen LogP) is 2.44. The fourth-order valence-electron chi connectivity index (χ4n) is 0.599. The average molecular weight is 226 g/mol. The maximum Gasteiger partial charge on any atom is 0.358 e. The molecule has 0 aromatic rings. The number of allylic oxidation sites excluding steroid dienone is 2. The molecule has 0 aliphatic rings. The Kier molecular flexibility index (Phi) is 4.82. The molecule has 0 saturated heterocycles. The van der Waals surface area contributed by atoms with Crippen molar-refractivity contribution in [2.75, 3.05) is 0 Å². The molecule has 7 heteroatoms. The highest BCUT2D eigenvalue weighted by atomic mass is 31.3. The van der Waals surface area contributed by atoms with E-state index in [1.54, 1.807) is 0 Å². The van der Waals surface area contributed by atoms with Gasteiger partial charge in [0.2, 0.25) is 0 Å². The summed E-state index contributed by atoms with van der Waals surface area (Å²) in [6.45, 7) is 3.01. The Labute approximate surface area is 76.8 Å². The van der Waals surface area contributed by atoms with Crippen molar-refractivity contribution < 1.29 is 23.2 Å². The molecule has 0 heterocycles. The number of hydrogen-bond donors (Lipinski definition) is 2. The average Bonchev–Trinajstić information content (AvgIpc) is 1.82. The van der Waals surface area contributed by atoms with Crippen LogP contribution in [0, 0.1) is 0 Å². The molecule has 2 N–H and O–H groups in total. The molecule has 0 radical (unpaired) electrons. The van der Waals surface area contributed by atoms with E-state index in [9.17, 15) is 9.13 Å². The normalized spacial score (nSPS) is 21.8. The maximum absolute atomic E-state index is 11.0. The first kappa shape index (κ1) is 12.8. The second-order valence-electron chi connectivity index (χ2n) is 2.17. The molecule has 2 unspecified atom stereocenters. The van der Waals surface area contributed by atoms with Gasteiger partial charge in [0.25, 0.3) is 0 Å². The van der Waals surface area contributed by atoms with E-state index < -0.39 is 15.2 Å². The van der Waals surface area contributed by atoms with Gasteiger partial charge in [-0.05, 0) is 13.8 Å². The Morgan fingerprint density at radius 2 is 1.31 bits per heavy atom. The van der Waals surface area contributed by atoms with Crippen LogP contribution < -0.4 is 0 Å². The van der Waals surface area contributed by atoms with E-state index in [0.29, 0.717) is 0 Å². The molecule has 13 heavy (non-hydrogen) atoms. The molecule has 2 atom stereocenters. The van der Waals surface area contributed by atoms with E-state index in [4.69, 9.17) is 9.79 Å². The lowest BCUT2D eigenvalue weighted by atomic mass is 10.8. The first-order chi connectivity index (χ1) is 5.83. The lowest BCUT2D eigenvalue weighted by Crippen LogP contribution is -1.83. The van der Waals surface area contributed by atoms with Crippen molar-refractivity contribution in [1.29, 1.82) is 0 Å². The van der Waals surface area contributed by atoms with Gasteiger partial charge in [-0.15, -0.1) is 0 Å². The smallest absolute Gasteiger partial charge is 0.321 e. The number of hydrogen-bond acceptors (Lipinski definition) is 3. The Morgan fingerprint density at radius 1 is 1.00 bits per heavy atom. The summed E-state index contributed by atoms with van der Waals surface area (Å²) in [5.74, 6) is 1.69. The van der Waals surface area contributed by atoms with Crippen molar-refractivity contribution in [2.24, 2.45) is 0 Å². The molecule has 0 bridgehead atoms. The van der Waals surface area contributed by atoms with Gasteiger partial charge >= 0.3 is 15.2 Å². The summed E-state index contributed by atoms with van der Waals surface area (Å²) in [5, 5.41) is 0. The van der Waals surface area contributed by atoms with Crippen LogP contribution in [-0.2, 0) is 13.4 Å². The molecular formula is C6H12O5P2. The summed E-state index contributed by atoms with van der Waals surface area (Å²) in [6, 6.07) is 0. The van der Waals surface area contributed by atoms with Crippen LogP contribution in [0.1, 0.15) is 13.8 Å². The number of rotatable bonds is 4. The van der Waals surface area contributed by atoms with Gasteiger partial charge in [-0.25, -0.2) is 4.31 Å². The van der Waals surface area contributed by atoms with Gasteiger partial charge in [0.1, 0.15) is 0 Å². The van der Waals surface area contributed by atoms with Crippen LogP contribution in [-0.4, -0.2) is 9.79 Å². The van der Waals surface area contributed by atoms with Crippen molar-refractivity contribution in [3.05, 3.63) is 23.8 Å². The van der Waals surface area contributed by atoms with Gasteiger partial charge in [-0.3, -0.25) is 9.13 Å². The Bertz CT molecular complexity index is 276. The van der Waals surface area contributed by atoms with E-state index >= 15 is 0 Å². The predicted molar refractivity (Wildman–Crippen MR) is 50.4 cm³/mol. The molecule has 0 spiro atoms. The van der Waals surface area contributed by atoms with Crippen LogP contribution in [0.3, 0.4) is 0 Å². The third-order valence-electron chi connectivity index (χ3n) is 0.909. The third kappa shape index (κ3) is 5.97. The van der Waals surface area contributed by atoms with Crippen LogP contribution >= 0.6 is 15.2 Å². The molecule has 0 rings (SSSR count). The van der Waals surface area contributed by atoms with Crippen molar-refractivity contribution in [1.82, 2.24) is 0 Å². The highest BCUT2D eigenvalue weighted by Crippen LogP contribution is 2.60. The van der Waals surface area contributed by atoms with Crippen molar-refractivity contribution in [3.8, 4) is 0 Å². The quantitative estimate of drug-likeness (QED) is 0.719. The zero-order chi connectivity index (χ0) is 10.5. The van der Waals surface area contributed by atoms with E-state index in [-0.39, 0.29) is 0 Å². The van der Waals surface area contributed by atoms with E-state index in [2.05, 4.69) is 4.31 Å². The topological polar surface area (TPSA) is 83.8 Å².